The van der Waals surface area contributed by atoms with Crippen molar-refractivity contribution < 1.29 is 9.53 Å². The predicted octanol–water partition coefficient (Wildman–Crippen LogP) is 6.62. The zero-order valence-corrected chi connectivity index (χ0v) is 18.4. The number of carbonyl (C=O) groups excluding carboxylic acids is 1. The molecule has 3 aromatic carbocycles. The number of hydrogen-bond donors (Lipinski definition) is 0. The Hall–Kier alpha value is -3.60. The smallest absolute Gasteiger partial charge is 0.196 e. The van der Waals surface area contributed by atoms with Crippen LogP contribution >= 0.6 is 11.3 Å². The Balaban J connectivity index is 0.000000154. The molecule has 4 heteroatoms. The minimum Gasteiger partial charge on any atom is -0.369 e. The summed E-state index contributed by atoms with van der Waals surface area (Å²) in [5.41, 5.74) is 2.47. The highest BCUT2D eigenvalue weighted by molar-refractivity contribution is 7.21. The lowest BCUT2D eigenvalue weighted by Gasteiger charge is -2.14. The van der Waals surface area contributed by atoms with Crippen LogP contribution in [-0.2, 0) is 4.74 Å². The van der Waals surface area contributed by atoms with Crippen LogP contribution in [0.4, 0.5) is 0 Å². The molecule has 0 saturated heterocycles. The Bertz CT molecular complexity index is 1340. The van der Waals surface area contributed by atoms with Gasteiger partial charge in [-0.25, -0.2) is 0 Å². The maximum atomic E-state index is 12.3. The molecule has 5 rings (SSSR count). The van der Waals surface area contributed by atoms with E-state index in [1.165, 1.54) is 4.70 Å². The molecule has 0 aromatic heterocycles. The van der Waals surface area contributed by atoms with E-state index >= 15 is 0 Å². The van der Waals surface area contributed by atoms with E-state index in [0.29, 0.717) is 5.56 Å². The van der Waals surface area contributed by atoms with Crippen molar-refractivity contribution in [1.82, 2.24) is 0 Å². The van der Waals surface area contributed by atoms with E-state index in [1.807, 2.05) is 84.9 Å². The van der Waals surface area contributed by atoms with Crippen LogP contribution < -0.4 is 5.43 Å². The van der Waals surface area contributed by atoms with E-state index < -0.39 is 6.10 Å². The highest BCUT2D eigenvalue weighted by Crippen LogP contribution is 2.30. The van der Waals surface area contributed by atoms with Crippen molar-refractivity contribution in [3.05, 3.63) is 131 Å². The number of carbonyl (C=O) groups is 1. The van der Waals surface area contributed by atoms with E-state index in [9.17, 15) is 9.59 Å². The van der Waals surface area contributed by atoms with Crippen LogP contribution in [-0.4, -0.2) is 12.9 Å². The van der Waals surface area contributed by atoms with Crippen LogP contribution in [0.25, 0.3) is 20.5 Å². The van der Waals surface area contributed by atoms with Crippen LogP contribution in [0.5, 0.6) is 0 Å². The molecule has 0 amide bonds. The summed E-state index contributed by atoms with van der Waals surface area (Å²) in [6, 6.07) is 34.3. The van der Waals surface area contributed by atoms with Crippen molar-refractivity contribution in [3.8, 4) is 10.4 Å². The van der Waals surface area contributed by atoms with Gasteiger partial charge < -0.3 is 4.74 Å². The van der Waals surface area contributed by atoms with Crippen LogP contribution in [0, 0.1) is 0 Å². The van der Waals surface area contributed by atoms with Crippen molar-refractivity contribution in [2.45, 2.75) is 6.10 Å². The van der Waals surface area contributed by atoms with Crippen molar-refractivity contribution in [1.29, 1.82) is 0 Å². The van der Waals surface area contributed by atoms with Crippen LogP contribution in [0.15, 0.2) is 114 Å². The Morgan fingerprint density at radius 3 is 2.16 bits per heavy atom. The third-order valence-corrected chi connectivity index (χ3v) is 6.27. The second kappa shape index (κ2) is 10.1. The molecule has 0 radical (unpaired) electrons. The molecule has 1 aliphatic carbocycles. The molecule has 0 N–H and O–H groups in total. The number of methoxy groups -OCH3 is 1. The fourth-order valence-electron chi connectivity index (χ4n) is 3.50. The van der Waals surface area contributed by atoms with Crippen molar-refractivity contribution >= 4 is 27.2 Å². The first-order valence-electron chi connectivity index (χ1n) is 10.3. The van der Waals surface area contributed by atoms with Gasteiger partial charge in [-0.05, 0) is 35.2 Å². The van der Waals surface area contributed by atoms with Gasteiger partial charge in [0.25, 0.3) is 0 Å². The van der Waals surface area contributed by atoms with Gasteiger partial charge in [0, 0.05) is 27.8 Å². The standard InChI is InChI=1S/C15H14O2.C13H8OS/c1-17-15(13-10-6-3-7-11-13)14(16)12-8-4-2-5-9-12;14-11-5-3-7-13-10(11)8-9-4-1-2-6-12(9)15-13/h2-11,15H,1H3;1-8H. The minimum absolute atomic E-state index is 0.0145. The van der Waals surface area contributed by atoms with Crippen LogP contribution in [0.3, 0.4) is 0 Å². The lowest BCUT2D eigenvalue weighted by molar-refractivity contribution is 0.0604. The molecule has 1 aliphatic heterocycles. The van der Waals surface area contributed by atoms with Crippen molar-refractivity contribution in [2.75, 3.05) is 7.11 Å². The molecule has 0 saturated carbocycles. The fraction of sp³-hybridized carbons (Fsp3) is 0.0714. The SMILES string of the molecule is COC(C(=O)c1ccccc1)c1ccccc1.O=c1cccc2sc3ccccc3cc1-2. The summed E-state index contributed by atoms with van der Waals surface area (Å²) in [5.74, 6) is -0.0145. The Morgan fingerprint density at radius 2 is 1.44 bits per heavy atom. The van der Waals surface area contributed by atoms with Crippen LogP contribution in [0.1, 0.15) is 22.0 Å². The lowest BCUT2D eigenvalue weighted by atomic mass is 10.00. The maximum absolute atomic E-state index is 12.3. The Kier molecular flexibility index (Phi) is 6.85. The van der Waals surface area contributed by atoms with E-state index in [1.54, 1.807) is 36.6 Å². The first-order chi connectivity index (χ1) is 15.7. The summed E-state index contributed by atoms with van der Waals surface area (Å²) in [4.78, 5) is 24.9. The molecule has 0 spiro atoms. The number of hydrogen-bond acceptors (Lipinski definition) is 4. The first-order valence-corrected chi connectivity index (χ1v) is 11.1. The third-order valence-electron chi connectivity index (χ3n) is 5.10. The Morgan fingerprint density at radius 1 is 0.781 bits per heavy atom. The normalized spacial score (nSPS) is 11.5. The minimum atomic E-state index is -0.529. The van der Waals surface area contributed by atoms with Gasteiger partial charge in [0.05, 0.1) is 0 Å². The molecule has 2 aliphatic rings. The lowest BCUT2D eigenvalue weighted by Crippen LogP contribution is -2.14. The second-order valence-electron chi connectivity index (χ2n) is 7.21. The quantitative estimate of drug-likeness (QED) is 0.234. The summed E-state index contributed by atoms with van der Waals surface area (Å²) < 4.78 is 6.52. The molecular weight excluding hydrogens is 416 g/mol. The highest BCUT2D eigenvalue weighted by atomic mass is 32.1. The Labute approximate surface area is 190 Å². The maximum Gasteiger partial charge on any atom is 0.196 e. The molecule has 1 unspecified atom stereocenters. The average molecular weight is 439 g/mol. The number of rotatable bonds is 4. The molecule has 3 aromatic rings. The van der Waals surface area contributed by atoms with Gasteiger partial charge in [-0.2, -0.15) is 0 Å². The van der Waals surface area contributed by atoms with Gasteiger partial charge in [-0.1, -0.05) is 84.9 Å². The number of ketones is 1. The van der Waals surface area contributed by atoms with Gasteiger partial charge >= 0.3 is 0 Å². The third kappa shape index (κ3) is 4.83. The van der Waals surface area contributed by atoms with Crippen molar-refractivity contribution in [2.24, 2.45) is 0 Å². The van der Waals surface area contributed by atoms with E-state index in [-0.39, 0.29) is 11.2 Å². The van der Waals surface area contributed by atoms with Crippen molar-refractivity contribution in [3.63, 3.8) is 0 Å². The largest absolute Gasteiger partial charge is 0.369 e. The number of Topliss-reactive ketones (excluding diaryl/α,β-unsaturated/α-hetero) is 1. The van der Waals surface area contributed by atoms with Gasteiger partial charge in [-0.3, -0.25) is 9.59 Å². The fourth-order valence-corrected chi connectivity index (χ4v) is 4.54. The molecule has 3 nitrogen and oxygen atoms in total. The summed E-state index contributed by atoms with van der Waals surface area (Å²) in [5, 5.41) is 1.14. The van der Waals surface area contributed by atoms with Gasteiger partial charge in [0.1, 0.15) is 6.10 Å². The number of ether oxygens (including phenoxy) is 1. The number of fused-ring (bicyclic) bond motifs is 2. The molecule has 1 atom stereocenters. The van der Waals surface area contributed by atoms with Crippen LogP contribution in [0.2, 0.25) is 0 Å². The monoisotopic (exact) mass is 438 g/mol. The highest BCUT2D eigenvalue weighted by Gasteiger charge is 2.20. The topological polar surface area (TPSA) is 43.4 Å². The van der Waals surface area contributed by atoms with E-state index in [4.69, 9.17) is 4.74 Å². The molecular formula is C28H22O3S. The molecule has 1 heterocycles. The molecule has 32 heavy (non-hydrogen) atoms. The predicted molar refractivity (Wildman–Crippen MR) is 132 cm³/mol. The zero-order chi connectivity index (χ0) is 22.3. The van der Waals surface area contributed by atoms with Gasteiger partial charge in [0.2, 0.25) is 0 Å². The zero-order valence-electron chi connectivity index (χ0n) is 17.6. The summed E-state index contributed by atoms with van der Waals surface area (Å²) in [7, 11) is 1.55. The van der Waals surface area contributed by atoms with E-state index in [2.05, 4.69) is 6.07 Å². The first kappa shape index (κ1) is 21.6. The molecule has 0 fully saturated rings. The average Bonchev–Trinajstić information content (AvgIpc) is 2.85. The second-order valence-corrected chi connectivity index (χ2v) is 8.29. The summed E-state index contributed by atoms with van der Waals surface area (Å²) in [6.45, 7) is 0. The summed E-state index contributed by atoms with van der Waals surface area (Å²) in [6.07, 6.45) is -0.529. The number of benzene rings is 4. The molecule has 158 valence electrons. The molecule has 0 bridgehead atoms. The van der Waals surface area contributed by atoms with E-state index in [0.717, 1.165) is 21.4 Å². The van der Waals surface area contributed by atoms with Gasteiger partial charge in [-0.15, -0.1) is 11.3 Å². The van der Waals surface area contributed by atoms with Gasteiger partial charge in [0.15, 0.2) is 11.2 Å². The summed E-state index contributed by atoms with van der Waals surface area (Å²) >= 11 is 1.67.